The standard InChI is InChI=1S/C13H12N2O2S/c1-4-9(2)17-12(16)11-10-7-5-6-8-15(10)13(14-11)18-3/h1,5-9H,2-3H3/t9-/m0/s1. The monoisotopic (exact) mass is 260 g/mol. The smallest absolute Gasteiger partial charge is 0.360 e. The second-order valence-corrected chi connectivity index (χ2v) is 4.39. The summed E-state index contributed by atoms with van der Waals surface area (Å²) in [7, 11) is 0. The highest BCUT2D eigenvalue weighted by molar-refractivity contribution is 7.98. The molecule has 0 spiro atoms. The van der Waals surface area contributed by atoms with Crippen molar-refractivity contribution in [2.45, 2.75) is 18.2 Å². The fourth-order valence-corrected chi connectivity index (χ4v) is 2.09. The van der Waals surface area contributed by atoms with Gasteiger partial charge in [-0.2, -0.15) is 0 Å². The van der Waals surface area contributed by atoms with Gasteiger partial charge in [0.25, 0.3) is 0 Å². The molecule has 2 heterocycles. The van der Waals surface area contributed by atoms with Gasteiger partial charge in [-0.1, -0.05) is 23.7 Å². The fourth-order valence-electron chi connectivity index (χ4n) is 1.55. The second-order valence-electron chi connectivity index (χ2n) is 3.62. The Balaban J connectivity index is 2.45. The first-order valence-electron chi connectivity index (χ1n) is 5.35. The fraction of sp³-hybridized carbons (Fsp3) is 0.231. The summed E-state index contributed by atoms with van der Waals surface area (Å²) >= 11 is 1.46. The molecule has 5 heteroatoms. The van der Waals surface area contributed by atoms with Gasteiger partial charge in [-0.25, -0.2) is 9.78 Å². The lowest BCUT2D eigenvalue weighted by molar-refractivity contribution is 0.0434. The number of hydrogen-bond acceptors (Lipinski definition) is 4. The van der Waals surface area contributed by atoms with Crippen LogP contribution in [0.3, 0.4) is 0 Å². The van der Waals surface area contributed by atoms with Gasteiger partial charge in [0.15, 0.2) is 17.0 Å². The number of aromatic nitrogens is 2. The van der Waals surface area contributed by atoms with Gasteiger partial charge in [0.2, 0.25) is 0 Å². The molecule has 0 aromatic carbocycles. The van der Waals surface area contributed by atoms with Crippen LogP contribution in [0.4, 0.5) is 0 Å². The van der Waals surface area contributed by atoms with Crippen molar-refractivity contribution in [1.82, 2.24) is 9.38 Å². The lowest BCUT2D eigenvalue weighted by Gasteiger charge is -2.05. The molecule has 0 fully saturated rings. The first-order chi connectivity index (χ1) is 8.67. The molecule has 0 amide bonds. The van der Waals surface area contributed by atoms with Gasteiger partial charge in [-0.3, -0.25) is 4.40 Å². The number of fused-ring (bicyclic) bond motifs is 1. The highest BCUT2D eigenvalue weighted by Crippen LogP contribution is 2.20. The zero-order chi connectivity index (χ0) is 13.1. The van der Waals surface area contributed by atoms with E-state index in [1.54, 1.807) is 6.92 Å². The maximum atomic E-state index is 12.0. The van der Waals surface area contributed by atoms with E-state index in [9.17, 15) is 4.79 Å². The maximum Gasteiger partial charge on any atom is 0.360 e. The van der Waals surface area contributed by atoms with Crippen LogP contribution in [0.1, 0.15) is 17.4 Å². The number of nitrogens with zero attached hydrogens (tertiary/aromatic N) is 2. The van der Waals surface area contributed by atoms with E-state index in [0.29, 0.717) is 5.69 Å². The van der Waals surface area contributed by atoms with Gasteiger partial charge in [-0.15, -0.1) is 6.42 Å². The summed E-state index contributed by atoms with van der Waals surface area (Å²) in [5.74, 6) is 1.86. The van der Waals surface area contributed by atoms with Gasteiger partial charge < -0.3 is 4.74 Å². The predicted octanol–water partition coefficient (Wildman–Crippen LogP) is 2.23. The molecule has 2 aromatic rings. The van der Waals surface area contributed by atoms with Gasteiger partial charge in [-0.05, 0) is 25.3 Å². The summed E-state index contributed by atoms with van der Waals surface area (Å²) < 4.78 is 6.94. The van der Waals surface area contributed by atoms with E-state index in [-0.39, 0.29) is 0 Å². The average molecular weight is 260 g/mol. The molecular weight excluding hydrogens is 248 g/mol. The third kappa shape index (κ3) is 2.20. The van der Waals surface area contributed by atoms with E-state index in [1.807, 2.05) is 35.1 Å². The second kappa shape index (κ2) is 5.15. The highest BCUT2D eigenvalue weighted by Gasteiger charge is 2.19. The Kier molecular flexibility index (Phi) is 3.58. The van der Waals surface area contributed by atoms with Crippen molar-refractivity contribution < 1.29 is 9.53 Å². The largest absolute Gasteiger partial charge is 0.445 e. The quantitative estimate of drug-likeness (QED) is 0.482. The van der Waals surface area contributed by atoms with E-state index >= 15 is 0 Å². The van der Waals surface area contributed by atoms with E-state index in [2.05, 4.69) is 10.9 Å². The van der Waals surface area contributed by atoms with E-state index in [1.165, 1.54) is 11.8 Å². The van der Waals surface area contributed by atoms with Crippen molar-refractivity contribution >= 4 is 23.2 Å². The molecule has 18 heavy (non-hydrogen) atoms. The Morgan fingerprint density at radius 1 is 1.61 bits per heavy atom. The van der Waals surface area contributed by atoms with E-state index in [0.717, 1.165) is 10.7 Å². The highest BCUT2D eigenvalue weighted by atomic mass is 32.2. The molecule has 4 nitrogen and oxygen atoms in total. The summed E-state index contributed by atoms with van der Waals surface area (Å²) in [6.07, 6.45) is 8.39. The SMILES string of the molecule is C#C[C@H](C)OC(=O)c1nc(SC)n2ccccc12. The van der Waals surface area contributed by atoms with Crippen LogP contribution in [0.15, 0.2) is 29.6 Å². The van der Waals surface area contributed by atoms with E-state index in [4.69, 9.17) is 11.2 Å². The maximum absolute atomic E-state index is 12.0. The van der Waals surface area contributed by atoms with Crippen molar-refractivity contribution in [2.75, 3.05) is 6.26 Å². The topological polar surface area (TPSA) is 43.6 Å². The summed E-state index contributed by atoms with van der Waals surface area (Å²) in [6, 6.07) is 5.56. The third-order valence-corrected chi connectivity index (χ3v) is 3.06. The first-order valence-corrected chi connectivity index (χ1v) is 6.58. The summed E-state index contributed by atoms with van der Waals surface area (Å²) in [6.45, 7) is 1.64. The number of pyridine rings is 1. The van der Waals surface area contributed by atoms with Crippen LogP contribution in [0.5, 0.6) is 0 Å². The minimum atomic E-state index is -0.560. The Morgan fingerprint density at radius 2 is 2.39 bits per heavy atom. The molecule has 2 rings (SSSR count). The van der Waals surface area contributed by atoms with Gasteiger partial charge in [0.05, 0.1) is 5.52 Å². The zero-order valence-corrected chi connectivity index (χ0v) is 10.9. The Labute approximate surface area is 109 Å². The van der Waals surface area contributed by atoms with Crippen molar-refractivity contribution in [3.63, 3.8) is 0 Å². The number of ether oxygens (including phenoxy) is 1. The minimum Gasteiger partial charge on any atom is -0.445 e. The molecule has 2 aromatic heterocycles. The summed E-state index contributed by atoms with van der Waals surface area (Å²) in [5.41, 5.74) is 1.01. The molecule has 0 unspecified atom stereocenters. The van der Waals surface area contributed by atoms with Crippen LogP contribution in [-0.4, -0.2) is 27.7 Å². The van der Waals surface area contributed by atoms with Gasteiger partial charge >= 0.3 is 5.97 Å². The molecule has 0 aliphatic heterocycles. The lowest BCUT2D eigenvalue weighted by atomic mass is 10.3. The number of rotatable bonds is 3. The normalized spacial score (nSPS) is 12.1. The molecule has 1 atom stereocenters. The Hall–Kier alpha value is -1.93. The van der Waals surface area contributed by atoms with E-state index < -0.39 is 12.1 Å². The summed E-state index contributed by atoms with van der Waals surface area (Å²) in [4.78, 5) is 16.2. The zero-order valence-electron chi connectivity index (χ0n) is 10.1. The molecule has 0 aliphatic rings. The number of thioether (sulfide) groups is 1. The Bertz CT molecular complexity index is 627. The molecule has 0 radical (unpaired) electrons. The predicted molar refractivity (Wildman–Crippen MR) is 70.7 cm³/mol. The molecule has 0 saturated carbocycles. The number of terminal acetylenes is 1. The molecule has 0 N–H and O–H groups in total. The molecule has 0 saturated heterocycles. The van der Waals surface area contributed by atoms with Crippen LogP contribution in [-0.2, 0) is 4.74 Å². The van der Waals surface area contributed by atoms with Crippen molar-refractivity contribution in [2.24, 2.45) is 0 Å². The molecule has 0 bridgehead atoms. The first kappa shape index (κ1) is 12.5. The van der Waals surface area contributed by atoms with Crippen molar-refractivity contribution in [3.05, 3.63) is 30.1 Å². The van der Waals surface area contributed by atoms with Crippen LogP contribution in [0, 0.1) is 12.3 Å². The minimum absolute atomic E-state index is 0.294. The van der Waals surface area contributed by atoms with Crippen LogP contribution in [0.2, 0.25) is 0 Å². The summed E-state index contributed by atoms with van der Waals surface area (Å²) in [5, 5.41) is 0.742. The number of carbonyl (C=O) groups excluding carboxylic acids is 1. The van der Waals surface area contributed by atoms with Crippen molar-refractivity contribution in [3.8, 4) is 12.3 Å². The number of esters is 1. The number of hydrogen-bond donors (Lipinski definition) is 0. The molecule has 92 valence electrons. The van der Waals surface area contributed by atoms with Crippen LogP contribution >= 0.6 is 11.8 Å². The van der Waals surface area contributed by atoms with Gasteiger partial charge in [0, 0.05) is 6.20 Å². The lowest BCUT2D eigenvalue weighted by Crippen LogP contribution is -2.13. The molecular formula is C13H12N2O2S. The van der Waals surface area contributed by atoms with Crippen LogP contribution in [0.25, 0.3) is 5.52 Å². The number of imidazole rings is 1. The van der Waals surface area contributed by atoms with Gasteiger partial charge in [0.1, 0.15) is 0 Å². The average Bonchev–Trinajstić information content (AvgIpc) is 2.77. The van der Waals surface area contributed by atoms with Crippen LogP contribution < -0.4 is 0 Å². The Morgan fingerprint density at radius 3 is 3.06 bits per heavy atom. The number of carbonyl (C=O) groups is 1. The van der Waals surface area contributed by atoms with Crippen molar-refractivity contribution in [1.29, 1.82) is 0 Å². The molecule has 0 aliphatic carbocycles. The third-order valence-electron chi connectivity index (χ3n) is 2.41.